The van der Waals surface area contributed by atoms with Gasteiger partial charge in [-0.2, -0.15) is 0 Å². The molecular formula is C26H27N3O4S. The van der Waals surface area contributed by atoms with Gasteiger partial charge >= 0.3 is 0 Å². The summed E-state index contributed by atoms with van der Waals surface area (Å²) < 4.78 is 11.1. The number of anilines is 2. The lowest BCUT2D eigenvalue weighted by Crippen LogP contribution is -2.35. The summed E-state index contributed by atoms with van der Waals surface area (Å²) in [7, 11) is 0. The lowest BCUT2D eigenvalue weighted by molar-refractivity contribution is 0.0972. The maximum Gasteiger partial charge on any atom is 0.261 e. The van der Waals surface area contributed by atoms with Crippen LogP contribution in [0.5, 0.6) is 11.5 Å². The second-order valence-electron chi connectivity index (χ2n) is 7.21. The first-order chi connectivity index (χ1) is 16.5. The normalized spacial score (nSPS) is 10.2. The summed E-state index contributed by atoms with van der Waals surface area (Å²) in [6, 6.07) is 21.0. The number of hydrogen-bond acceptors (Lipinski definition) is 5. The van der Waals surface area contributed by atoms with Gasteiger partial charge in [0.05, 0.1) is 30.0 Å². The van der Waals surface area contributed by atoms with Gasteiger partial charge < -0.3 is 20.1 Å². The number of para-hydroxylation sites is 2. The number of rotatable bonds is 9. The second-order valence-corrected chi connectivity index (χ2v) is 7.62. The molecule has 0 spiro atoms. The van der Waals surface area contributed by atoms with Gasteiger partial charge in [0.2, 0.25) is 0 Å². The summed E-state index contributed by atoms with van der Waals surface area (Å²) in [4.78, 5) is 25.6. The third-order valence-electron chi connectivity index (χ3n) is 4.66. The molecular weight excluding hydrogens is 450 g/mol. The van der Waals surface area contributed by atoms with Crippen LogP contribution in [0.1, 0.15) is 41.0 Å². The van der Waals surface area contributed by atoms with Crippen LogP contribution in [-0.2, 0) is 0 Å². The molecule has 0 radical (unpaired) electrons. The number of carbonyl (C=O) groups is 2. The minimum absolute atomic E-state index is 0.0663. The molecule has 3 rings (SSSR count). The molecule has 0 aliphatic rings. The zero-order valence-electron chi connectivity index (χ0n) is 19.1. The molecule has 0 bridgehead atoms. The summed E-state index contributed by atoms with van der Waals surface area (Å²) in [5, 5.41) is 8.52. The molecule has 176 valence electrons. The molecule has 3 N–H and O–H groups in total. The van der Waals surface area contributed by atoms with Crippen molar-refractivity contribution >= 4 is 40.5 Å². The molecule has 0 aromatic heterocycles. The van der Waals surface area contributed by atoms with E-state index in [1.807, 2.05) is 13.8 Å². The number of benzene rings is 3. The summed E-state index contributed by atoms with van der Waals surface area (Å²) in [5.41, 5.74) is 1.84. The molecule has 3 aromatic carbocycles. The van der Waals surface area contributed by atoms with E-state index in [4.69, 9.17) is 21.7 Å². The Labute approximate surface area is 204 Å². The lowest BCUT2D eigenvalue weighted by Gasteiger charge is -2.15. The van der Waals surface area contributed by atoms with Crippen molar-refractivity contribution in [2.75, 3.05) is 23.8 Å². The molecule has 3 aromatic rings. The van der Waals surface area contributed by atoms with Crippen LogP contribution in [0.2, 0.25) is 0 Å². The van der Waals surface area contributed by atoms with Gasteiger partial charge in [0.25, 0.3) is 11.8 Å². The average Bonchev–Trinajstić information content (AvgIpc) is 2.84. The fourth-order valence-corrected chi connectivity index (χ4v) is 3.31. The molecule has 0 unspecified atom stereocenters. The molecule has 2 amide bonds. The van der Waals surface area contributed by atoms with Crippen molar-refractivity contribution in [3.63, 3.8) is 0 Å². The minimum Gasteiger partial charge on any atom is -0.494 e. The Balaban J connectivity index is 1.67. The third kappa shape index (κ3) is 6.79. The van der Waals surface area contributed by atoms with Crippen LogP contribution in [-0.4, -0.2) is 30.1 Å². The van der Waals surface area contributed by atoms with Crippen LogP contribution in [0.3, 0.4) is 0 Å². The van der Waals surface area contributed by atoms with Crippen LogP contribution < -0.4 is 25.4 Å². The number of nitrogens with one attached hydrogen (secondary N) is 3. The number of thiocarbonyl (C=S) groups is 1. The van der Waals surface area contributed by atoms with Crippen LogP contribution in [0.15, 0.2) is 72.8 Å². The van der Waals surface area contributed by atoms with Crippen molar-refractivity contribution in [1.29, 1.82) is 0 Å². The highest BCUT2D eigenvalue weighted by Gasteiger charge is 2.16. The Morgan fingerprint density at radius 3 is 2.18 bits per heavy atom. The quantitative estimate of drug-likeness (QED) is 0.365. The van der Waals surface area contributed by atoms with E-state index in [9.17, 15) is 9.59 Å². The molecule has 0 saturated heterocycles. The molecule has 0 heterocycles. The third-order valence-corrected chi connectivity index (χ3v) is 4.87. The largest absolute Gasteiger partial charge is 0.494 e. The van der Waals surface area contributed by atoms with E-state index in [1.165, 1.54) is 0 Å². The Bertz CT molecular complexity index is 1150. The van der Waals surface area contributed by atoms with E-state index in [1.54, 1.807) is 72.8 Å². The van der Waals surface area contributed by atoms with Gasteiger partial charge in [-0.05, 0) is 74.1 Å². The van der Waals surface area contributed by atoms with E-state index < -0.39 is 5.91 Å². The standard InChI is InChI=1S/C26H27N3O4S/c1-3-17-33-23-12-8-6-10-21(23)25(31)29-26(34)28-22-11-7-5-9-20(22)24(30)27-18-13-15-19(16-14-18)32-4-2/h5-16H,3-4,17H2,1-2H3,(H,27,30)(H2,28,29,31,34). The van der Waals surface area contributed by atoms with Crippen LogP contribution in [0, 0.1) is 0 Å². The van der Waals surface area contributed by atoms with Crippen molar-refractivity contribution in [1.82, 2.24) is 5.32 Å². The number of amides is 2. The lowest BCUT2D eigenvalue weighted by atomic mass is 10.1. The Hall–Kier alpha value is -3.91. The van der Waals surface area contributed by atoms with Gasteiger partial charge in [-0.1, -0.05) is 31.2 Å². The van der Waals surface area contributed by atoms with Crippen molar-refractivity contribution in [3.05, 3.63) is 83.9 Å². The predicted molar refractivity (Wildman–Crippen MR) is 138 cm³/mol. The van der Waals surface area contributed by atoms with Gasteiger partial charge in [0, 0.05) is 5.69 Å². The molecule has 0 atom stereocenters. The fraction of sp³-hybridized carbons (Fsp3) is 0.192. The highest BCUT2D eigenvalue weighted by molar-refractivity contribution is 7.80. The molecule has 34 heavy (non-hydrogen) atoms. The number of ether oxygens (including phenoxy) is 2. The first-order valence-corrected chi connectivity index (χ1v) is 11.4. The van der Waals surface area contributed by atoms with Gasteiger partial charge in [-0.25, -0.2) is 0 Å². The second kappa shape index (κ2) is 12.4. The van der Waals surface area contributed by atoms with Crippen LogP contribution >= 0.6 is 12.2 Å². The zero-order valence-corrected chi connectivity index (χ0v) is 19.9. The van der Waals surface area contributed by atoms with Crippen molar-refractivity contribution in [2.45, 2.75) is 20.3 Å². The topological polar surface area (TPSA) is 88.7 Å². The van der Waals surface area contributed by atoms with Crippen LogP contribution in [0.4, 0.5) is 11.4 Å². The average molecular weight is 478 g/mol. The van der Waals surface area contributed by atoms with E-state index in [2.05, 4.69) is 16.0 Å². The molecule has 0 aliphatic carbocycles. The highest BCUT2D eigenvalue weighted by atomic mass is 32.1. The summed E-state index contributed by atoms with van der Waals surface area (Å²) in [6.07, 6.45) is 0.825. The maximum atomic E-state index is 12.9. The van der Waals surface area contributed by atoms with E-state index in [0.717, 1.165) is 12.2 Å². The highest BCUT2D eigenvalue weighted by Crippen LogP contribution is 2.21. The summed E-state index contributed by atoms with van der Waals surface area (Å²) in [6.45, 7) is 4.97. The van der Waals surface area contributed by atoms with Gasteiger partial charge in [0.1, 0.15) is 11.5 Å². The monoisotopic (exact) mass is 477 g/mol. The van der Waals surface area contributed by atoms with E-state index in [-0.39, 0.29) is 11.0 Å². The molecule has 8 heteroatoms. The SMILES string of the molecule is CCCOc1ccccc1C(=O)NC(=S)Nc1ccccc1C(=O)Nc1ccc(OCC)cc1. The number of hydrogen-bond donors (Lipinski definition) is 3. The van der Waals surface area contributed by atoms with Crippen molar-refractivity contribution < 1.29 is 19.1 Å². The van der Waals surface area contributed by atoms with E-state index in [0.29, 0.717) is 41.5 Å². The summed E-state index contributed by atoms with van der Waals surface area (Å²) >= 11 is 5.33. The van der Waals surface area contributed by atoms with Crippen molar-refractivity contribution in [2.24, 2.45) is 0 Å². The zero-order chi connectivity index (χ0) is 24.3. The Morgan fingerprint density at radius 1 is 0.794 bits per heavy atom. The Kier molecular flexibility index (Phi) is 8.99. The molecule has 0 saturated carbocycles. The number of carbonyl (C=O) groups excluding carboxylic acids is 2. The minimum atomic E-state index is -0.402. The molecule has 0 fully saturated rings. The first kappa shape index (κ1) is 24.7. The van der Waals surface area contributed by atoms with Gasteiger partial charge in [-0.3, -0.25) is 14.9 Å². The van der Waals surface area contributed by atoms with Gasteiger partial charge in [-0.15, -0.1) is 0 Å². The van der Waals surface area contributed by atoms with Gasteiger partial charge in [0.15, 0.2) is 5.11 Å². The molecule has 7 nitrogen and oxygen atoms in total. The first-order valence-electron chi connectivity index (χ1n) is 11.0. The van der Waals surface area contributed by atoms with Crippen molar-refractivity contribution in [3.8, 4) is 11.5 Å². The molecule has 0 aliphatic heterocycles. The fourth-order valence-electron chi connectivity index (χ4n) is 3.11. The van der Waals surface area contributed by atoms with Crippen LogP contribution in [0.25, 0.3) is 0 Å². The Morgan fingerprint density at radius 2 is 1.47 bits per heavy atom. The summed E-state index contributed by atoms with van der Waals surface area (Å²) in [5.74, 6) is 0.491. The van der Waals surface area contributed by atoms with E-state index >= 15 is 0 Å². The maximum absolute atomic E-state index is 12.9. The predicted octanol–water partition coefficient (Wildman–Crippen LogP) is 5.25. The smallest absolute Gasteiger partial charge is 0.261 e.